The minimum atomic E-state index is -0.375. The van der Waals surface area contributed by atoms with Crippen molar-refractivity contribution in [3.8, 4) is 0 Å². The number of para-hydroxylation sites is 1. The van der Waals surface area contributed by atoms with E-state index in [4.69, 9.17) is 9.52 Å². The highest BCUT2D eigenvalue weighted by Gasteiger charge is 2.32. The quantitative estimate of drug-likeness (QED) is 0.730. The summed E-state index contributed by atoms with van der Waals surface area (Å²) in [6.07, 6.45) is 4.92. The summed E-state index contributed by atoms with van der Waals surface area (Å²) in [4.78, 5) is 24.6. The molecule has 6 heteroatoms. The summed E-state index contributed by atoms with van der Waals surface area (Å²) in [7, 11) is 0. The van der Waals surface area contributed by atoms with Crippen LogP contribution in [0.25, 0.3) is 11.0 Å². The van der Waals surface area contributed by atoms with Crippen molar-refractivity contribution in [3.05, 3.63) is 63.8 Å². The second kappa shape index (κ2) is 6.37. The first kappa shape index (κ1) is 16.3. The van der Waals surface area contributed by atoms with Crippen LogP contribution < -0.4 is 10.7 Å². The monoisotopic (exact) mass is 363 g/mol. The van der Waals surface area contributed by atoms with Gasteiger partial charge in [0, 0.05) is 30.1 Å². The van der Waals surface area contributed by atoms with E-state index in [1.807, 2.05) is 4.68 Å². The molecule has 0 unspecified atom stereocenters. The molecular weight excluding hydrogens is 342 g/mol. The third-order valence-corrected chi connectivity index (χ3v) is 5.29. The molecule has 3 aromatic rings. The standard InChI is InChI=1S/C21H21N3O3/c25-18-12-20(27-19-4-2-1-3-15(18)19)21(26)22-9-10-24-17(14-7-8-14)11-16(23-24)13-5-6-13/h1-4,11-14H,5-10H2,(H,22,26). The van der Waals surface area contributed by atoms with E-state index in [1.165, 1.54) is 43.1 Å². The molecule has 1 amide bonds. The summed E-state index contributed by atoms with van der Waals surface area (Å²) < 4.78 is 7.63. The Morgan fingerprint density at radius 3 is 2.70 bits per heavy atom. The van der Waals surface area contributed by atoms with Gasteiger partial charge in [-0.1, -0.05) is 12.1 Å². The molecule has 1 N–H and O–H groups in total. The maximum absolute atomic E-state index is 12.4. The van der Waals surface area contributed by atoms with Gasteiger partial charge in [-0.15, -0.1) is 0 Å². The van der Waals surface area contributed by atoms with Crippen molar-refractivity contribution in [2.45, 2.75) is 44.1 Å². The maximum atomic E-state index is 12.4. The van der Waals surface area contributed by atoms with Gasteiger partial charge in [0.1, 0.15) is 5.58 Å². The van der Waals surface area contributed by atoms with Gasteiger partial charge >= 0.3 is 0 Å². The number of amides is 1. The zero-order valence-corrected chi connectivity index (χ0v) is 15.0. The Hall–Kier alpha value is -2.89. The summed E-state index contributed by atoms with van der Waals surface area (Å²) in [5, 5.41) is 8.08. The van der Waals surface area contributed by atoms with Crippen LogP contribution in [0.2, 0.25) is 0 Å². The molecule has 0 saturated heterocycles. The first-order valence-corrected chi connectivity index (χ1v) is 9.58. The van der Waals surface area contributed by atoms with E-state index in [9.17, 15) is 9.59 Å². The topological polar surface area (TPSA) is 77.1 Å². The van der Waals surface area contributed by atoms with E-state index < -0.39 is 0 Å². The molecule has 2 fully saturated rings. The highest BCUT2D eigenvalue weighted by molar-refractivity contribution is 5.93. The molecule has 2 aliphatic rings. The van der Waals surface area contributed by atoms with Crippen LogP contribution >= 0.6 is 0 Å². The number of nitrogens with one attached hydrogen (secondary N) is 1. The largest absolute Gasteiger partial charge is 0.451 e. The lowest BCUT2D eigenvalue weighted by Gasteiger charge is -2.08. The van der Waals surface area contributed by atoms with E-state index >= 15 is 0 Å². The lowest BCUT2D eigenvalue weighted by Crippen LogP contribution is -2.28. The molecular formula is C21H21N3O3. The molecule has 5 rings (SSSR count). The predicted molar refractivity (Wildman–Crippen MR) is 101 cm³/mol. The minimum Gasteiger partial charge on any atom is -0.451 e. The second-order valence-corrected chi connectivity index (χ2v) is 7.49. The predicted octanol–water partition coefficient (Wildman–Crippen LogP) is 3.17. The van der Waals surface area contributed by atoms with E-state index in [-0.39, 0.29) is 17.1 Å². The van der Waals surface area contributed by atoms with Gasteiger partial charge in [-0.2, -0.15) is 5.10 Å². The van der Waals surface area contributed by atoms with Crippen LogP contribution in [-0.2, 0) is 6.54 Å². The van der Waals surface area contributed by atoms with E-state index in [2.05, 4.69) is 11.4 Å². The van der Waals surface area contributed by atoms with Crippen LogP contribution in [0.3, 0.4) is 0 Å². The molecule has 2 heterocycles. The smallest absolute Gasteiger partial charge is 0.287 e. The number of benzene rings is 1. The average Bonchev–Trinajstić information content (AvgIpc) is 3.60. The fraction of sp³-hybridized carbons (Fsp3) is 0.381. The summed E-state index contributed by atoms with van der Waals surface area (Å²) in [5.74, 6) is 0.921. The van der Waals surface area contributed by atoms with Gasteiger partial charge in [0.2, 0.25) is 0 Å². The molecule has 27 heavy (non-hydrogen) atoms. The summed E-state index contributed by atoms with van der Waals surface area (Å²) in [6, 6.07) is 10.4. The Bertz CT molecular complexity index is 1070. The molecule has 138 valence electrons. The Balaban J connectivity index is 1.28. The fourth-order valence-corrected chi connectivity index (χ4v) is 3.50. The second-order valence-electron chi connectivity index (χ2n) is 7.49. The van der Waals surface area contributed by atoms with Crippen molar-refractivity contribution >= 4 is 16.9 Å². The molecule has 0 atom stereocenters. The Kier molecular flexibility index (Phi) is 3.85. The molecule has 6 nitrogen and oxygen atoms in total. The normalized spacial score (nSPS) is 16.6. The summed E-state index contributed by atoms with van der Waals surface area (Å²) in [5.41, 5.74) is 2.71. The molecule has 0 spiro atoms. The SMILES string of the molecule is O=C(NCCn1nc(C2CC2)cc1C1CC1)c1cc(=O)c2ccccc2o1. The molecule has 0 aliphatic heterocycles. The Morgan fingerprint density at radius 1 is 1.15 bits per heavy atom. The maximum Gasteiger partial charge on any atom is 0.287 e. The van der Waals surface area contributed by atoms with Crippen LogP contribution in [0.4, 0.5) is 0 Å². The van der Waals surface area contributed by atoms with Gasteiger partial charge in [0.15, 0.2) is 11.2 Å². The molecule has 0 radical (unpaired) electrons. The van der Waals surface area contributed by atoms with Crippen molar-refractivity contribution in [2.24, 2.45) is 0 Å². The van der Waals surface area contributed by atoms with Crippen LogP contribution in [0.5, 0.6) is 0 Å². The molecule has 2 aliphatic carbocycles. The molecule has 2 aromatic heterocycles. The number of rotatable bonds is 6. The van der Waals surface area contributed by atoms with Crippen molar-refractivity contribution < 1.29 is 9.21 Å². The van der Waals surface area contributed by atoms with Crippen LogP contribution in [0, 0.1) is 0 Å². The zero-order valence-electron chi connectivity index (χ0n) is 15.0. The number of nitrogens with zero attached hydrogens (tertiary/aromatic N) is 2. The first-order chi connectivity index (χ1) is 13.2. The van der Waals surface area contributed by atoms with E-state index in [0.29, 0.717) is 35.9 Å². The van der Waals surface area contributed by atoms with E-state index in [1.54, 1.807) is 24.3 Å². The molecule has 0 bridgehead atoms. The number of fused-ring (bicyclic) bond motifs is 1. The highest BCUT2D eigenvalue weighted by atomic mass is 16.3. The lowest BCUT2D eigenvalue weighted by molar-refractivity contribution is 0.0924. The lowest BCUT2D eigenvalue weighted by atomic mass is 10.2. The van der Waals surface area contributed by atoms with Crippen LogP contribution in [0.1, 0.15) is 59.5 Å². The Morgan fingerprint density at radius 2 is 1.93 bits per heavy atom. The average molecular weight is 363 g/mol. The number of hydrogen-bond acceptors (Lipinski definition) is 4. The van der Waals surface area contributed by atoms with Gasteiger partial charge in [0.25, 0.3) is 5.91 Å². The highest BCUT2D eigenvalue weighted by Crippen LogP contribution is 2.44. The zero-order chi connectivity index (χ0) is 18.4. The van der Waals surface area contributed by atoms with Gasteiger partial charge in [-0.3, -0.25) is 14.3 Å². The summed E-state index contributed by atoms with van der Waals surface area (Å²) >= 11 is 0. The number of hydrogen-bond donors (Lipinski definition) is 1. The number of carbonyl (C=O) groups excluding carboxylic acids is 1. The third kappa shape index (κ3) is 3.27. The molecule has 2 saturated carbocycles. The Labute approximate surface area is 156 Å². The summed E-state index contributed by atoms with van der Waals surface area (Å²) in [6.45, 7) is 1.07. The van der Waals surface area contributed by atoms with Gasteiger partial charge in [-0.05, 0) is 43.9 Å². The van der Waals surface area contributed by atoms with Crippen molar-refractivity contribution in [1.82, 2.24) is 15.1 Å². The van der Waals surface area contributed by atoms with Gasteiger partial charge < -0.3 is 9.73 Å². The van der Waals surface area contributed by atoms with Crippen LogP contribution in [0.15, 0.2) is 45.6 Å². The van der Waals surface area contributed by atoms with Gasteiger partial charge in [-0.25, -0.2) is 0 Å². The number of carbonyl (C=O) groups is 1. The first-order valence-electron chi connectivity index (χ1n) is 9.58. The van der Waals surface area contributed by atoms with Crippen molar-refractivity contribution in [1.29, 1.82) is 0 Å². The molecule has 1 aromatic carbocycles. The minimum absolute atomic E-state index is 0.0419. The van der Waals surface area contributed by atoms with Gasteiger partial charge in [0.05, 0.1) is 17.6 Å². The van der Waals surface area contributed by atoms with E-state index in [0.717, 1.165) is 0 Å². The van der Waals surface area contributed by atoms with Crippen molar-refractivity contribution in [2.75, 3.05) is 6.54 Å². The number of aromatic nitrogens is 2. The fourth-order valence-electron chi connectivity index (χ4n) is 3.50. The van der Waals surface area contributed by atoms with Crippen molar-refractivity contribution in [3.63, 3.8) is 0 Å². The third-order valence-electron chi connectivity index (χ3n) is 5.29. The van der Waals surface area contributed by atoms with Crippen LogP contribution in [-0.4, -0.2) is 22.2 Å².